The average molecular weight is 319 g/mol. The van der Waals surface area contributed by atoms with Crippen LogP contribution in [-0.4, -0.2) is 53.8 Å². The van der Waals surface area contributed by atoms with E-state index in [-0.39, 0.29) is 17.9 Å². The smallest absolute Gasteiger partial charge is 0.237 e. The predicted octanol–water partition coefficient (Wildman–Crippen LogP) is 1.37. The second kappa shape index (κ2) is 7.64. The molecule has 2 amide bonds. The number of nitrogens with one attached hydrogen (secondary N) is 1. The van der Waals surface area contributed by atoms with Crippen LogP contribution in [0.25, 0.3) is 0 Å². The van der Waals surface area contributed by atoms with Gasteiger partial charge in [0.2, 0.25) is 11.8 Å². The number of hydrogen-bond donors (Lipinski definition) is 1. The molecule has 0 radical (unpaired) electrons. The van der Waals surface area contributed by atoms with Gasteiger partial charge in [-0.2, -0.15) is 0 Å². The first-order chi connectivity index (χ1) is 11.2. The van der Waals surface area contributed by atoms with Gasteiger partial charge in [-0.15, -0.1) is 0 Å². The number of rotatable bonds is 5. The summed E-state index contributed by atoms with van der Waals surface area (Å²) in [5, 5.41) is 2.91. The zero-order valence-electron chi connectivity index (χ0n) is 13.5. The van der Waals surface area contributed by atoms with Crippen LogP contribution in [0.3, 0.4) is 0 Å². The van der Waals surface area contributed by atoms with Crippen LogP contribution in [0.2, 0.25) is 0 Å². The summed E-state index contributed by atoms with van der Waals surface area (Å²) in [6.07, 6.45) is 6.78. The van der Waals surface area contributed by atoms with Crippen LogP contribution in [0, 0.1) is 0 Å². The van der Waals surface area contributed by atoms with Gasteiger partial charge in [0.25, 0.3) is 0 Å². The Labute approximate surface area is 136 Å². The van der Waals surface area contributed by atoms with Crippen molar-refractivity contribution < 1.29 is 14.0 Å². The summed E-state index contributed by atoms with van der Waals surface area (Å²) in [5.74, 6) is 0.896. The van der Waals surface area contributed by atoms with Crippen LogP contribution in [0.4, 0.5) is 0 Å². The van der Waals surface area contributed by atoms with Crippen molar-refractivity contribution in [1.29, 1.82) is 0 Å². The molecule has 126 valence electrons. The van der Waals surface area contributed by atoms with Crippen LogP contribution >= 0.6 is 0 Å². The Morgan fingerprint density at radius 1 is 1.17 bits per heavy atom. The molecule has 0 saturated carbocycles. The maximum atomic E-state index is 12.4. The van der Waals surface area contributed by atoms with Crippen LogP contribution in [0.15, 0.2) is 22.8 Å². The van der Waals surface area contributed by atoms with Crippen molar-refractivity contribution in [2.24, 2.45) is 0 Å². The Kier molecular flexibility index (Phi) is 5.33. The lowest BCUT2D eigenvalue weighted by Gasteiger charge is -2.30. The minimum atomic E-state index is -0.196. The van der Waals surface area contributed by atoms with Crippen LogP contribution in [0.5, 0.6) is 0 Å². The van der Waals surface area contributed by atoms with Crippen LogP contribution < -0.4 is 5.32 Å². The summed E-state index contributed by atoms with van der Waals surface area (Å²) < 4.78 is 5.23. The van der Waals surface area contributed by atoms with Gasteiger partial charge in [-0.05, 0) is 50.8 Å². The van der Waals surface area contributed by atoms with Gasteiger partial charge in [0.15, 0.2) is 0 Å². The standard InChI is InChI=1S/C17H25N3O3/c21-16(19-8-2-1-3-9-19)13-20-10-4-7-15(20)17(22)18-12-14-6-5-11-23-14/h5-6,11,15H,1-4,7-10,12-13H2,(H,18,22). The minimum absolute atomic E-state index is 0.00894. The summed E-state index contributed by atoms with van der Waals surface area (Å²) >= 11 is 0. The van der Waals surface area contributed by atoms with E-state index in [1.807, 2.05) is 15.9 Å². The molecule has 2 fully saturated rings. The van der Waals surface area contributed by atoms with E-state index in [0.29, 0.717) is 13.1 Å². The highest BCUT2D eigenvalue weighted by Crippen LogP contribution is 2.18. The zero-order chi connectivity index (χ0) is 16.1. The molecule has 1 aromatic heterocycles. The quantitative estimate of drug-likeness (QED) is 0.890. The third kappa shape index (κ3) is 4.13. The molecule has 3 heterocycles. The second-order valence-electron chi connectivity index (χ2n) is 6.37. The molecule has 3 rings (SSSR count). The number of nitrogens with zero attached hydrogens (tertiary/aromatic N) is 2. The topological polar surface area (TPSA) is 65.8 Å². The van der Waals surface area contributed by atoms with Crippen LogP contribution in [0.1, 0.15) is 37.9 Å². The largest absolute Gasteiger partial charge is 0.467 e. The van der Waals surface area contributed by atoms with Gasteiger partial charge in [-0.3, -0.25) is 14.5 Å². The summed E-state index contributed by atoms with van der Waals surface area (Å²) in [4.78, 5) is 28.8. The van der Waals surface area contributed by atoms with Crippen molar-refractivity contribution in [3.63, 3.8) is 0 Å². The van der Waals surface area contributed by atoms with Crippen molar-refractivity contribution in [2.75, 3.05) is 26.2 Å². The Bertz CT molecular complexity index is 523. The van der Waals surface area contributed by atoms with E-state index in [1.54, 1.807) is 12.3 Å². The molecule has 0 bridgehead atoms. The highest BCUT2D eigenvalue weighted by atomic mass is 16.3. The highest BCUT2D eigenvalue weighted by Gasteiger charge is 2.32. The average Bonchev–Trinajstić information content (AvgIpc) is 3.25. The van der Waals surface area contributed by atoms with Gasteiger partial charge < -0.3 is 14.6 Å². The first kappa shape index (κ1) is 16.1. The van der Waals surface area contributed by atoms with Gasteiger partial charge in [0.1, 0.15) is 5.76 Å². The number of likely N-dealkylation sites (tertiary alicyclic amines) is 2. The minimum Gasteiger partial charge on any atom is -0.467 e. The molecule has 1 N–H and O–H groups in total. The van der Waals surface area contributed by atoms with Crippen molar-refractivity contribution in [1.82, 2.24) is 15.1 Å². The molecule has 2 saturated heterocycles. The molecular weight excluding hydrogens is 294 g/mol. The van der Waals surface area contributed by atoms with E-state index < -0.39 is 0 Å². The maximum Gasteiger partial charge on any atom is 0.237 e. The lowest BCUT2D eigenvalue weighted by Crippen LogP contribution is -2.48. The number of amides is 2. The monoisotopic (exact) mass is 319 g/mol. The maximum absolute atomic E-state index is 12.4. The van der Waals surface area contributed by atoms with E-state index in [0.717, 1.165) is 51.1 Å². The fourth-order valence-electron chi connectivity index (χ4n) is 3.43. The summed E-state index contributed by atoms with van der Waals surface area (Å²) in [5.41, 5.74) is 0. The van der Waals surface area contributed by atoms with Crippen LogP contribution in [-0.2, 0) is 16.1 Å². The van der Waals surface area contributed by atoms with Gasteiger partial charge in [0, 0.05) is 13.1 Å². The Morgan fingerprint density at radius 3 is 2.74 bits per heavy atom. The third-order valence-corrected chi connectivity index (χ3v) is 4.73. The van der Waals surface area contributed by atoms with Gasteiger partial charge in [-0.25, -0.2) is 0 Å². The summed E-state index contributed by atoms with van der Waals surface area (Å²) in [7, 11) is 0. The molecule has 1 atom stereocenters. The first-order valence-corrected chi connectivity index (χ1v) is 8.56. The first-order valence-electron chi connectivity index (χ1n) is 8.56. The summed E-state index contributed by atoms with van der Waals surface area (Å²) in [6, 6.07) is 3.45. The normalized spacial score (nSPS) is 22.3. The molecule has 1 aromatic rings. The molecule has 0 spiro atoms. The zero-order valence-corrected chi connectivity index (χ0v) is 13.5. The lowest BCUT2D eigenvalue weighted by atomic mass is 10.1. The second-order valence-corrected chi connectivity index (χ2v) is 6.37. The van der Waals surface area contributed by atoms with Gasteiger partial charge >= 0.3 is 0 Å². The molecule has 2 aliphatic heterocycles. The van der Waals surface area contributed by atoms with Gasteiger partial charge in [-0.1, -0.05) is 0 Å². The fraction of sp³-hybridized carbons (Fsp3) is 0.647. The van der Waals surface area contributed by atoms with E-state index in [2.05, 4.69) is 5.32 Å². The Hall–Kier alpha value is -1.82. The molecule has 2 aliphatic rings. The van der Waals surface area contributed by atoms with Crippen molar-refractivity contribution in [3.8, 4) is 0 Å². The number of furan rings is 1. The van der Waals surface area contributed by atoms with Gasteiger partial charge in [0.05, 0.1) is 25.4 Å². The van der Waals surface area contributed by atoms with Crippen molar-refractivity contribution in [3.05, 3.63) is 24.2 Å². The molecule has 0 aromatic carbocycles. The van der Waals surface area contributed by atoms with Crippen molar-refractivity contribution in [2.45, 2.75) is 44.7 Å². The molecule has 1 unspecified atom stereocenters. The van der Waals surface area contributed by atoms with E-state index in [4.69, 9.17) is 4.42 Å². The number of piperidine rings is 1. The predicted molar refractivity (Wildman–Crippen MR) is 85.6 cm³/mol. The van der Waals surface area contributed by atoms with E-state index in [9.17, 15) is 9.59 Å². The Morgan fingerprint density at radius 2 is 2.00 bits per heavy atom. The molecule has 6 nitrogen and oxygen atoms in total. The third-order valence-electron chi connectivity index (χ3n) is 4.73. The van der Waals surface area contributed by atoms with E-state index >= 15 is 0 Å². The lowest BCUT2D eigenvalue weighted by molar-refractivity contribution is -0.134. The fourth-order valence-corrected chi connectivity index (χ4v) is 3.43. The number of carbonyl (C=O) groups is 2. The SMILES string of the molecule is O=C(NCc1ccco1)C1CCCN1CC(=O)N1CCCCC1. The van der Waals surface area contributed by atoms with Crippen molar-refractivity contribution >= 4 is 11.8 Å². The molecule has 0 aliphatic carbocycles. The highest BCUT2D eigenvalue weighted by molar-refractivity contribution is 5.84. The molecule has 23 heavy (non-hydrogen) atoms. The number of hydrogen-bond acceptors (Lipinski definition) is 4. The Balaban J connectivity index is 1.50. The molecule has 6 heteroatoms. The number of carbonyl (C=O) groups excluding carboxylic acids is 2. The van der Waals surface area contributed by atoms with E-state index in [1.165, 1.54) is 6.42 Å². The summed E-state index contributed by atoms with van der Waals surface area (Å²) in [6.45, 7) is 3.30. The molecular formula is C17H25N3O3.